The highest BCUT2D eigenvalue weighted by molar-refractivity contribution is 7.80. The number of nitrogens with zero attached hydrogens (tertiary/aromatic N) is 2. The van der Waals surface area contributed by atoms with Crippen LogP contribution in [0.4, 0.5) is 0 Å². The van der Waals surface area contributed by atoms with Crippen LogP contribution in [0.15, 0.2) is 23.0 Å². The van der Waals surface area contributed by atoms with Gasteiger partial charge in [0.25, 0.3) is 5.56 Å². The van der Waals surface area contributed by atoms with Crippen LogP contribution in [-0.2, 0) is 6.54 Å². The Balaban J connectivity index is 1.88. The van der Waals surface area contributed by atoms with Gasteiger partial charge in [-0.1, -0.05) is 26.0 Å². The van der Waals surface area contributed by atoms with E-state index in [2.05, 4.69) is 59.9 Å². The first-order valence-electron chi connectivity index (χ1n) is 10.8. The number of rotatable bonds is 7. The summed E-state index contributed by atoms with van der Waals surface area (Å²) >= 11 is 5.71. The van der Waals surface area contributed by atoms with Crippen molar-refractivity contribution in [3.8, 4) is 0 Å². The average molecular weight is 415 g/mol. The van der Waals surface area contributed by atoms with Gasteiger partial charge in [0.05, 0.1) is 12.1 Å². The molecule has 0 bridgehead atoms. The van der Waals surface area contributed by atoms with Gasteiger partial charge in [-0.2, -0.15) is 0 Å². The monoisotopic (exact) mass is 414 g/mol. The standard InChI is InChI=1S/C23H34N4OS/c1-5-11-24-23(29)27(15-20-8-7-12-26(20)6-2)14-19-13-18-10-9-16(3)17(4)21(18)25-22(19)28/h9-10,13,20H,5-8,11-12,14-15H2,1-4H3,(H,24,29)(H,25,28)/t20-/m0/s1. The van der Waals surface area contributed by atoms with E-state index in [1.54, 1.807) is 0 Å². The summed E-state index contributed by atoms with van der Waals surface area (Å²) in [6.07, 6.45) is 3.44. The number of aryl methyl sites for hydroxylation is 2. The van der Waals surface area contributed by atoms with Crippen LogP contribution in [0.3, 0.4) is 0 Å². The summed E-state index contributed by atoms with van der Waals surface area (Å²) in [5.41, 5.74) is 4.00. The van der Waals surface area contributed by atoms with Crippen molar-refractivity contribution in [2.75, 3.05) is 26.2 Å². The largest absolute Gasteiger partial charge is 0.363 e. The number of pyridine rings is 1. The van der Waals surface area contributed by atoms with Gasteiger partial charge in [0.15, 0.2) is 5.11 Å². The lowest BCUT2D eigenvalue weighted by atomic mass is 10.0. The van der Waals surface area contributed by atoms with Crippen LogP contribution in [0.5, 0.6) is 0 Å². The smallest absolute Gasteiger partial charge is 0.253 e. The lowest BCUT2D eigenvalue weighted by Crippen LogP contribution is -2.47. The van der Waals surface area contributed by atoms with Gasteiger partial charge in [0.1, 0.15) is 0 Å². The first-order chi connectivity index (χ1) is 13.9. The van der Waals surface area contributed by atoms with Crippen LogP contribution >= 0.6 is 12.2 Å². The maximum atomic E-state index is 12.9. The maximum Gasteiger partial charge on any atom is 0.253 e. The van der Waals surface area contributed by atoms with Gasteiger partial charge in [0.2, 0.25) is 0 Å². The van der Waals surface area contributed by atoms with E-state index in [0.717, 1.165) is 59.7 Å². The Morgan fingerprint density at radius 3 is 2.86 bits per heavy atom. The Kier molecular flexibility index (Phi) is 7.30. The molecular weight excluding hydrogens is 380 g/mol. The van der Waals surface area contributed by atoms with E-state index in [1.807, 2.05) is 6.07 Å². The van der Waals surface area contributed by atoms with Crippen molar-refractivity contribution in [3.63, 3.8) is 0 Å². The molecule has 0 radical (unpaired) electrons. The number of aromatic nitrogens is 1. The summed E-state index contributed by atoms with van der Waals surface area (Å²) in [5, 5.41) is 5.18. The van der Waals surface area contributed by atoms with Gasteiger partial charge in [-0.25, -0.2) is 0 Å². The predicted molar refractivity (Wildman–Crippen MR) is 126 cm³/mol. The zero-order valence-corrected chi connectivity index (χ0v) is 19.0. The fourth-order valence-corrected chi connectivity index (χ4v) is 4.47. The minimum absolute atomic E-state index is 0.0201. The fraction of sp³-hybridized carbons (Fsp3) is 0.565. The quantitative estimate of drug-likeness (QED) is 0.677. The van der Waals surface area contributed by atoms with E-state index >= 15 is 0 Å². The van der Waals surface area contributed by atoms with E-state index in [4.69, 9.17) is 12.2 Å². The third-order valence-corrected chi connectivity index (χ3v) is 6.54. The molecular formula is C23H34N4OS. The molecule has 1 aromatic heterocycles. The van der Waals surface area contributed by atoms with Gasteiger partial charge in [0, 0.05) is 24.7 Å². The number of aromatic amines is 1. The molecule has 0 spiro atoms. The second-order valence-corrected chi connectivity index (χ2v) is 8.52. The number of nitrogens with one attached hydrogen (secondary N) is 2. The molecule has 1 atom stereocenters. The molecule has 1 aliphatic rings. The summed E-state index contributed by atoms with van der Waals surface area (Å²) in [5.74, 6) is 0. The second kappa shape index (κ2) is 9.72. The normalized spacial score (nSPS) is 17.0. The molecule has 6 heteroatoms. The number of fused-ring (bicyclic) bond motifs is 1. The molecule has 0 amide bonds. The molecule has 0 aliphatic carbocycles. The predicted octanol–water partition coefficient (Wildman–Crippen LogP) is 3.72. The van der Waals surface area contributed by atoms with Crippen LogP contribution < -0.4 is 10.9 Å². The minimum atomic E-state index is -0.0201. The SMILES string of the molecule is CCCNC(=S)N(Cc1cc2ccc(C)c(C)c2[nH]c1=O)C[C@@H]1CCCN1CC. The van der Waals surface area contributed by atoms with Crippen LogP contribution in [0.1, 0.15) is 49.8 Å². The Labute approximate surface area is 179 Å². The number of hydrogen-bond acceptors (Lipinski definition) is 3. The zero-order valence-electron chi connectivity index (χ0n) is 18.2. The highest BCUT2D eigenvalue weighted by Crippen LogP contribution is 2.21. The Hall–Kier alpha value is -1.92. The molecule has 2 N–H and O–H groups in total. The lowest BCUT2D eigenvalue weighted by molar-refractivity contribution is 0.219. The molecule has 5 nitrogen and oxygen atoms in total. The van der Waals surface area contributed by atoms with Crippen LogP contribution in [0, 0.1) is 13.8 Å². The lowest BCUT2D eigenvalue weighted by Gasteiger charge is -2.32. The summed E-state index contributed by atoms with van der Waals surface area (Å²) in [4.78, 5) is 20.7. The van der Waals surface area contributed by atoms with Gasteiger partial charge in [-0.05, 0) is 81.0 Å². The number of hydrogen-bond donors (Lipinski definition) is 2. The highest BCUT2D eigenvalue weighted by atomic mass is 32.1. The summed E-state index contributed by atoms with van der Waals surface area (Å²) in [6, 6.07) is 6.72. The molecule has 1 fully saturated rings. The molecule has 158 valence electrons. The second-order valence-electron chi connectivity index (χ2n) is 8.13. The minimum Gasteiger partial charge on any atom is -0.363 e. The van der Waals surface area contributed by atoms with E-state index in [1.165, 1.54) is 18.4 Å². The number of thiocarbonyl (C=S) groups is 1. The summed E-state index contributed by atoms with van der Waals surface area (Å²) in [7, 11) is 0. The summed E-state index contributed by atoms with van der Waals surface area (Å²) in [6.45, 7) is 12.9. The average Bonchev–Trinajstić information content (AvgIpc) is 3.16. The molecule has 29 heavy (non-hydrogen) atoms. The van der Waals surface area contributed by atoms with Crippen molar-refractivity contribution in [1.82, 2.24) is 20.1 Å². The van der Waals surface area contributed by atoms with Gasteiger partial charge >= 0.3 is 0 Å². The topological polar surface area (TPSA) is 51.4 Å². The number of likely N-dealkylation sites (N-methyl/N-ethyl adjacent to an activating group) is 1. The van der Waals surface area contributed by atoms with Crippen LogP contribution in [0.25, 0.3) is 10.9 Å². The van der Waals surface area contributed by atoms with E-state index in [0.29, 0.717) is 12.6 Å². The first-order valence-corrected chi connectivity index (χ1v) is 11.2. The number of H-pyrrole nitrogens is 1. The highest BCUT2D eigenvalue weighted by Gasteiger charge is 2.26. The zero-order chi connectivity index (χ0) is 21.0. The van der Waals surface area contributed by atoms with Gasteiger partial charge < -0.3 is 15.2 Å². The summed E-state index contributed by atoms with van der Waals surface area (Å²) < 4.78 is 0. The van der Waals surface area contributed by atoms with Crippen molar-refractivity contribution in [2.45, 2.75) is 59.5 Å². The molecule has 1 saturated heterocycles. The molecule has 2 heterocycles. The van der Waals surface area contributed by atoms with Crippen molar-refractivity contribution in [3.05, 3.63) is 45.2 Å². The third-order valence-electron chi connectivity index (χ3n) is 6.14. The van der Waals surface area contributed by atoms with E-state index in [-0.39, 0.29) is 5.56 Å². The van der Waals surface area contributed by atoms with Crippen LogP contribution in [-0.4, -0.2) is 52.1 Å². The van der Waals surface area contributed by atoms with Gasteiger partial charge in [-0.3, -0.25) is 9.69 Å². The fourth-order valence-electron chi connectivity index (χ4n) is 4.23. The molecule has 1 aliphatic heterocycles. The van der Waals surface area contributed by atoms with Gasteiger partial charge in [-0.15, -0.1) is 0 Å². The molecule has 2 aromatic rings. The number of likely N-dealkylation sites (tertiary alicyclic amines) is 1. The first kappa shape index (κ1) is 21.8. The number of benzene rings is 1. The van der Waals surface area contributed by atoms with Crippen molar-refractivity contribution < 1.29 is 0 Å². The van der Waals surface area contributed by atoms with Crippen molar-refractivity contribution in [1.29, 1.82) is 0 Å². The maximum absolute atomic E-state index is 12.9. The van der Waals surface area contributed by atoms with E-state index < -0.39 is 0 Å². The van der Waals surface area contributed by atoms with Crippen molar-refractivity contribution in [2.24, 2.45) is 0 Å². The van der Waals surface area contributed by atoms with Crippen molar-refractivity contribution >= 4 is 28.2 Å². The van der Waals surface area contributed by atoms with E-state index in [9.17, 15) is 4.79 Å². The Bertz CT molecular complexity index is 923. The Morgan fingerprint density at radius 1 is 1.34 bits per heavy atom. The molecule has 3 rings (SSSR count). The molecule has 0 saturated carbocycles. The third kappa shape index (κ3) is 4.98. The molecule has 0 unspecified atom stereocenters. The van der Waals surface area contributed by atoms with Crippen LogP contribution in [0.2, 0.25) is 0 Å². The molecule has 1 aromatic carbocycles. The Morgan fingerprint density at radius 2 is 2.14 bits per heavy atom.